The number of halogens is 2. The Labute approximate surface area is 116 Å². The minimum atomic E-state index is -0.517. The highest BCUT2D eigenvalue weighted by atomic mass is 35.5. The standard InChI is InChI=1S/C14H14ClFN2O/c1-2-13(17)14-6-4-10(8-18-14)19-9-3-5-11(15)12(16)7-9/h3-8,13H,2,17H2,1H3/t13-/m0/s1. The van der Waals surface area contributed by atoms with Crippen LogP contribution in [0.5, 0.6) is 11.5 Å². The van der Waals surface area contributed by atoms with Crippen molar-refractivity contribution < 1.29 is 9.13 Å². The van der Waals surface area contributed by atoms with Crippen LogP contribution >= 0.6 is 11.6 Å². The molecule has 2 rings (SSSR count). The summed E-state index contributed by atoms with van der Waals surface area (Å²) in [6.45, 7) is 1.99. The Hall–Kier alpha value is -1.65. The Balaban J connectivity index is 2.12. The van der Waals surface area contributed by atoms with Crippen LogP contribution in [0.25, 0.3) is 0 Å². The molecule has 0 aliphatic rings. The number of nitrogens with two attached hydrogens (primary N) is 1. The third-order valence-electron chi connectivity index (χ3n) is 2.71. The summed E-state index contributed by atoms with van der Waals surface area (Å²) in [4.78, 5) is 4.22. The number of hydrogen-bond donors (Lipinski definition) is 1. The first-order chi connectivity index (χ1) is 9.10. The van der Waals surface area contributed by atoms with Gasteiger partial charge in [0, 0.05) is 12.1 Å². The van der Waals surface area contributed by atoms with Crippen molar-refractivity contribution in [2.75, 3.05) is 0 Å². The van der Waals surface area contributed by atoms with Crippen molar-refractivity contribution in [3.63, 3.8) is 0 Å². The second kappa shape index (κ2) is 5.99. The lowest BCUT2D eigenvalue weighted by atomic mass is 10.1. The van der Waals surface area contributed by atoms with E-state index in [1.165, 1.54) is 12.1 Å². The van der Waals surface area contributed by atoms with Crippen LogP contribution in [0.4, 0.5) is 4.39 Å². The molecule has 0 radical (unpaired) electrons. The van der Waals surface area contributed by atoms with Gasteiger partial charge in [0.15, 0.2) is 0 Å². The molecule has 3 nitrogen and oxygen atoms in total. The molecule has 0 unspecified atom stereocenters. The van der Waals surface area contributed by atoms with Crippen molar-refractivity contribution in [2.45, 2.75) is 19.4 Å². The lowest BCUT2D eigenvalue weighted by Gasteiger charge is -2.09. The normalized spacial score (nSPS) is 12.2. The molecule has 1 atom stereocenters. The summed E-state index contributed by atoms with van der Waals surface area (Å²) in [5.41, 5.74) is 6.67. The zero-order valence-electron chi connectivity index (χ0n) is 10.4. The summed E-state index contributed by atoms with van der Waals surface area (Å²) in [5, 5.41) is 0.0646. The number of hydrogen-bond acceptors (Lipinski definition) is 3. The summed E-state index contributed by atoms with van der Waals surface area (Å²) >= 11 is 5.60. The number of aromatic nitrogens is 1. The summed E-state index contributed by atoms with van der Waals surface area (Å²) < 4.78 is 18.7. The Morgan fingerprint density at radius 3 is 2.63 bits per heavy atom. The quantitative estimate of drug-likeness (QED) is 0.918. The molecule has 0 aliphatic carbocycles. The number of rotatable bonds is 4. The molecule has 19 heavy (non-hydrogen) atoms. The molecule has 0 saturated heterocycles. The molecule has 0 aliphatic heterocycles. The van der Waals surface area contributed by atoms with Crippen LogP contribution in [0.1, 0.15) is 25.1 Å². The average Bonchev–Trinajstić information content (AvgIpc) is 2.43. The molecule has 0 saturated carbocycles. The molecule has 1 aromatic heterocycles. The van der Waals surface area contributed by atoms with E-state index in [2.05, 4.69) is 4.98 Å². The largest absolute Gasteiger partial charge is 0.456 e. The van der Waals surface area contributed by atoms with E-state index in [9.17, 15) is 4.39 Å². The Morgan fingerprint density at radius 1 is 1.32 bits per heavy atom. The molecule has 2 aromatic rings. The SMILES string of the molecule is CC[C@H](N)c1ccc(Oc2ccc(Cl)c(F)c2)cn1. The fraction of sp³-hybridized carbons (Fsp3) is 0.214. The predicted octanol–water partition coefficient (Wildman–Crippen LogP) is 4.08. The van der Waals surface area contributed by atoms with Gasteiger partial charge < -0.3 is 10.5 Å². The summed E-state index contributed by atoms with van der Waals surface area (Å²) in [5.74, 6) is 0.377. The minimum Gasteiger partial charge on any atom is -0.456 e. The molecule has 100 valence electrons. The van der Waals surface area contributed by atoms with Crippen LogP contribution in [-0.2, 0) is 0 Å². The van der Waals surface area contributed by atoms with Gasteiger partial charge in [-0.25, -0.2) is 4.39 Å². The van der Waals surface area contributed by atoms with E-state index in [1.54, 1.807) is 24.4 Å². The van der Waals surface area contributed by atoms with Gasteiger partial charge in [-0.05, 0) is 30.7 Å². The highest BCUT2D eigenvalue weighted by Crippen LogP contribution is 2.25. The van der Waals surface area contributed by atoms with Gasteiger partial charge in [0.1, 0.15) is 17.3 Å². The third-order valence-corrected chi connectivity index (χ3v) is 3.01. The van der Waals surface area contributed by atoms with Gasteiger partial charge in [0.2, 0.25) is 0 Å². The van der Waals surface area contributed by atoms with E-state index < -0.39 is 5.82 Å². The lowest BCUT2D eigenvalue weighted by molar-refractivity contribution is 0.473. The Bertz CT molecular complexity index is 560. The van der Waals surface area contributed by atoms with E-state index in [4.69, 9.17) is 22.1 Å². The summed E-state index contributed by atoms with van der Waals surface area (Å²) in [7, 11) is 0. The minimum absolute atomic E-state index is 0.0646. The summed E-state index contributed by atoms with van der Waals surface area (Å²) in [6.07, 6.45) is 2.38. The molecule has 0 amide bonds. The van der Waals surface area contributed by atoms with Crippen LogP contribution in [0.15, 0.2) is 36.5 Å². The number of nitrogens with zero attached hydrogens (tertiary/aromatic N) is 1. The first kappa shape index (κ1) is 13.8. The fourth-order valence-corrected chi connectivity index (χ4v) is 1.67. The molecular weight excluding hydrogens is 267 g/mol. The first-order valence-corrected chi connectivity index (χ1v) is 6.32. The maximum atomic E-state index is 13.3. The van der Waals surface area contributed by atoms with Crippen LogP contribution in [0.2, 0.25) is 5.02 Å². The van der Waals surface area contributed by atoms with E-state index in [-0.39, 0.29) is 11.1 Å². The van der Waals surface area contributed by atoms with Crippen molar-refractivity contribution in [3.05, 3.63) is 53.1 Å². The fourth-order valence-electron chi connectivity index (χ4n) is 1.56. The Morgan fingerprint density at radius 2 is 2.05 bits per heavy atom. The second-order valence-electron chi connectivity index (χ2n) is 4.11. The highest BCUT2D eigenvalue weighted by molar-refractivity contribution is 6.30. The molecular formula is C14H14ClFN2O. The van der Waals surface area contributed by atoms with Gasteiger partial charge in [-0.1, -0.05) is 18.5 Å². The van der Waals surface area contributed by atoms with Crippen molar-refractivity contribution in [3.8, 4) is 11.5 Å². The molecule has 0 fully saturated rings. The van der Waals surface area contributed by atoms with Crippen LogP contribution in [0, 0.1) is 5.82 Å². The molecule has 5 heteroatoms. The van der Waals surface area contributed by atoms with E-state index in [0.717, 1.165) is 12.1 Å². The molecule has 1 heterocycles. The second-order valence-corrected chi connectivity index (χ2v) is 4.52. The number of ether oxygens (including phenoxy) is 1. The van der Waals surface area contributed by atoms with Gasteiger partial charge in [0.25, 0.3) is 0 Å². The van der Waals surface area contributed by atoms with Crippen molar-refractivity contribution in [2.24, 2.45) is 5.73 Å². The molecule has 1 aromatic carbocycles. The first-order valence-electron chi connectivity index (χ1n) is 5.94. The van der Waals surface area contributed by atoms with Crippen LogP contribution in [-0.4, -0.2) is 4.98 Å². The van der Waals surface area contributed by atoms with E-state index in [0.29, 0.717) is 11.5 Å². The molecule has 2 N–H and O–H groups in total. The van der Waals surface area contributed by atoms with Crippen molar-refractivity contribution in [1.29, 1.82) is 0 Å². The average molecular weight is 281 g/mol. The Kier molecular flexibility index (Phi) is 4.35. The van der Waals surface area contributed by atoms with Crippen molar-refractivity contribution in [1.82, 2.24) is 4.98 Å². The topological polar surface area (TPSA) is 48.1 Å². The molecule has 0 bridgehead atoms. The molecule has 0 spiro atoms. The zero-order valence-corrected chi connectivity index (χ0v) is 11.2. The van der Waals surface area contributed by atoms with Gasteiger partial charge in [0.05, 0.1) is 16.9 Å². The van der Waals surface area contributed by atoms with Gasteiger partial charge >= 0.3 is 0 Å². The van der Waals surface area contributed by atoms with E-state index >= 15 is 0 Å². The van der Waals surface area contributed by atoms with Crippen LogP contribution < -0.4 is 10.5 Å². The smallest absolute Gasteiger partial charge is 0.145 e. The van der Waals surface area contributed by atoms with Gasteiger partial charge in [-0.3, -0.25) is 4.98 Å². The van der Waals surface area contributed by atoms with Crippen molar-refractivity contribution >= 4 is 11.6 Å². The maximum Gasteiger partial charge on any atom is 0.145 e. The maximum absolute atomic E-state index is 13.3. The number of benzene rings is 1. The summed E-state index contributed by atoms with van der Waals surface area (Å²) in [6, 6.07) is 7.74. The third kappa shape index (κ3) is 3.43. The van der Waals surface area contributed by atoms with Gasteiger partial charge in [-0.2, -0.15) is 0 Å². The highest BCUT2D eigenvalue weighted by Gasteiger charge is 2.06. The number of pyridine rings is 1. The zero-order chi connectivity index (χ0) is 13.8. The predicted molar refractivity (Wildman–Crippen MR) is 72.9 cm³/mol. The van der Waals surface area contributed by atoms with E-state index in [1.807, 2.05) is 6.92 Å². The van der Waals surface area contributed by atoms with Gasteiger partial charge in [-0.15, -0.1) is 0 Å². The lowest BCUT2D eigenvalue weighted by Crippen LogP contribution is -2.10. The monoisotopic (exact) mass is 280 g/mol. The van der Waals surface area contributed by atoms with Crippen LogP contribution in [0.3, 0.4) is 0 Å².